The molecule has 2 atom stereocenters. The highest BCUT2D eigenvalue weighted by Crippen LogP contribution is 2.18. The summed E-state index contributed by atoms with van der Waals surface area (Å²) in [6.45, 7) is 6.61. The van der Waals surface area contributed by atoms with E-state index in [0.29, 0.717) is 12.5 Å². The predicted octanol–water partition coefficient (Wildman–Crippen LogP) is 1.50. The summed E-state index contributed by atoms with van der Waals surface area (Å²) in [5.74, 6) is 1.49. The first-order valence-corrected chi connectivity index (χ1v) is 7.96. The largest absolute Gasteiger partial charge is 0.343 e. The molecule has 0 aromatic heterocycles. The number of carbonyl (C=O) groups excluding carboxylic acids is 2. The number of hydrogen-bond donors (Lipinski definition) is 1. The van der Waals surface area contributed by atoms with E-state index in [-0.39, 0.29) is 23.9 Å². The fourth-order valence-electron chi connectivity index (χ4n) is 2.24. The van der Waals surface area contributed by atoms with Crippen molar-refractivity contribution in [1.82, 2.24) is 10.2 Å². The number of thioether (sulfide) groups is 1. The molecule has 104 valence electrons. The summed E-state index contributed by atoms with van der Waals surface area (Å²) in [5.41, 5.74) is 0. The van der Waals surface area contributed by atoms with Gasteiger partial charge in [0.15, 0.2) is 0 Å². The van der Waals surface area contributed by atoms with Gasteiger partial charge in [-0.25, -0.2) is 0 Å². The normalized spacial score (nSPS) is 24.6. The van der Waals surface area contributed by atoms with Crippen molar-refractivity contribution < 1.29 is 9.59 Å². The second-order valence-corrected chi connectivity index (χ2v) is 6.24. The van der Waals surface area contributed by atoms with Gasteiger partial charge in [0.05, 0.1) is 0 Å². The standard InChI is InChI=1S/C13H24N2O2S/c1-9(2)8-11-12(16)14-10(3)13(17)15(11)6-5-7-18-4/h9-11H,5-8H2,1-4H3,(H,14,16). The van der Waals surface area contributed by atoms with Gasteiger partial charge in [-0.05, 0) is 37.7 Å². The molecule has 1 fully saturated rings. The molecular weight excluding hydrogens is 248 g/mol. The topological polar surface area (TPSA) is 49.4 Å². The molecule has 1 aliphatic heterocycles. The first-order chi connectivity index (χ1) is 8.47. The first kappa shape index (κ1) is 15.3. The molecule has 1 N–H and O–H groups in total. The van der Waals surface area contributed by atoms with E-state index in [9.17, 15) is 9.59 Å². The van der Waals surface area contributed by atoms with Crippen LogP contribution in [0.15, 0.2) is 0 Å². The van der Waals surface area contributed by atoms with Gasteiger partial charge in [-0.1, -0.05) is 13.8 Å². The summed E-state index contributed by atoms with van der Waals surface area (Å²) in [6.07, 6.45) is 3.74. The summed E-state index contributed by atoms with van der Waals surface area (Å²) in [6, 6.07) is -0.661. The molecule has 0 radical (unpaired) electrons. The number of nitrogens with zero attached hydrogens (tertiary/aromatic N) is 1. The predicted molar refractivity (Wildman–Crippen MR) is 75.6 cm³/mol. The van der Waals surface area contributed by atoms with E-state index >= 15 is 0 Å². The molecule has 5 heteroatoms. The maximum atomic E-state index is 12.2. The Kier molecular flexibility index (Phi) is 5.99. The van der Waals surface area contributed by atoms with Crippen LogP contribution >= 0.6 is 11.8 Å². The highest BCUT2D eigenvalue weighted by molar-refractivity contribution is 7.98. The minimum absolute atomic E-state index is 0.0000449. The van der Waals surface area contributed by atoms with Crippen molar-refractivity contribution in [3.05, 3.63) is 0 Å². The Morgan fingerprint density at radius 3 is 2.61 bits per heavy atom. The minimum atomic E-state index is -0.379. The van der Waals surface area contributed by atoms with Crippen molar-refractivity contribution in [1.29, 1.82) is 0 Å². The fraction of sp³-hybridized carbons (Fsp3) is 0.846. The zero-order valence-electron chi connectivity index (χ0n) is 11.7. The summed E-state index contributed by atoms with van der Waals surface area (Å²) in [4.78, 5) is 26.0. The van der Waals surface area contributed by atoms with E-state index < -0.39 is 0 Å². The summed E-state index contributed by atoms with van der Waals surface area (Å²) in [7, 11) is 0. The molecule has 1 rings (SSSR count). The SMILES string of the molecule is CSCCCN1C(=O)C(C)NC(=O)C1CC(C)C. The monoisotopic (exact) mass is 272 g/mol. The lowest BCUT2D eigenvalue weighted by Crippen LogP contribution is -2.62. The highest BCUT2D eigenvalue weighted by Gasteiger charge is 2.38. The molecule has 2 unspecified atom stereocenters. The highest BCUT2D eigenvalue weighted by atomic mass is 32.2. The second kappa shape index (κ2) is 7.02. The van der Waals surface area contributed by atoms with Crippen LogP contribution in [0.4, 0.5) is 0 Å². The van der Waals surface area contributed by atoms with Crippen LogP contribution in [0, 0.1) is 5.92 Å². The van der Waals surface area contributed by atoms with Crippen LogP contribution < -0.4 is 5.32 Å². The van der Waals surface area contributed by atoms with Crippen LogP contribution in [0.2, 0.25) is 0 Å². The third kappa shape index (κ3) is 3.90. The van der Waals surface area contributed by atoms with Gasteiger partial charge in [-0.15, -0.1) is 0 Å². The smallest absolute Gasteiger partial charge is 0.245 e. The molecule has 0 bridgehead atoms. The number of piperazine rings is 1. The number of nitrogens with one attached hydrogen (secondary N) is 1. The Morgan fingerprint density at radius 1 is 1.39 bits per heavy atom. The van der Waals surface area contributed by atoms with Crippen molar-refractivity contribution in [3.8, 4) is 0 Å². The summed E-state index contributed by atoms with van der Waals surface area (Å²) >= 11 is 1.77. The van der Waals surface area contributed by atoms with E-state index in [4.69, 9.17) is 0 Å². The van der Waals surface area contributed by atoms with E-state index in [1.54, 1.807) is 23.6 Å². The van der Waals surface area contributed by atoms with Crippen molar-refractivity contribution in [2.45, 2.75) is 45.7 Å². The zero-order valence-corrected chi connectivity index (χ0v) is 12.5. The Hall–Kier alpha value is -0.710. The third-order valence-electron chi connectivity index (χ3n) is 3.13. The van der Waals surface area contributed by atoms with E-state index in [1.807, 2.05) is 0 Å². The summed E-state index contributed by atoms with van der Waals surface area (Å²) < 4.78 is 0. The van der Waals surface area contributed by atoms with E-state index in [2.05, 4.69) is 25.4 Å². The molecule has 0 spiro atoms. The summed E-state index contributed by atoms with van der Waals surface area (Å²) in [5, 5.41) is 2.77. The van der Waals surface area contributed by atoms with Gasteiger partial charge in [-0.3, -0.25) is 9.59 Å². The van der Waals surface area contributed by atoms with Crippen molar-refractivity contribution in [3.63, 3.8) is 0 Å². The van der Waals surface area contributed by atoms with Gasteiger partial charge in [-0.2, -0.15) is 11.8 Å². The maximum Gasteiger partial charge on any atom is 0.245 e. The molecule has 0 aromatic carbocycles. The van der Waals surface area contributed by atoms with Crippen LogP contribution in [0.1, 0.15) is 33.6 Å². The maximum absolute atomic E-state index is 12.2. The molecule has 1 saturated heterocycles. The number of hydrogen-bond acceptors (Lipinski definition) is 3. The molecule has 2 amide bonds. The lowest BCUT2D eigenvalue weighted by atomic mass is 9.98. The first-order valence-electron chi connectivity index (χ1n) is 6.57. The Bertz CT molecular complexity index is 307. The molecule has 0 saturated carbocycles. The van der Waals surface area contributed by atoms with Crippen molar-refractivity contribution in [2.24, 2.45) is 5.92 Å². The minimum Gasteiger partial charge on any atom is -0.343 e. The number of carbonyl (C=O) groups is 2. The molecule has 1 heterocycles. The molecule has 0 aliphatic carbocycles. The van der Waals surface area contributed by atoms with Gasteiger partial charge in [0, 0.05) is 6.54 Å². The second-order valence-electron chi connectivity index (χ2n) is 5.25. The molecule has 4 nitrogen and oxygen atoms in total. The molecule has 1 aliphatic rings. The molecule has 18 heavy (non-hydrogen) atoms. The Morgan fingerprint density at radius 2 is 2.06 bits per heavy atom. The van der Waals surface area contributed by atoms with Gasteiger partial charge >= 0.3 is 0 Å². The van der Waals surface area contributed by atoms with Gasteiger partial charge in [0.1, 0.15) is 12.1 Å². The average Bonchev–Trinajstić information content (AvgIpc) is 2.29. The van der Waals surface area contributed by atoms with Gasteiger partial charge in [0.25, 0.3) is 0 Å². The molecule has 0 aromatic rings. The van der Waals surface area contributed by atoms with Crippen molar-refractivity contribution in [2.75, 3.05) is 18.6 Å². The van der Waals surface area contributed by atoms with Crippen LogP contribution in [0.5, 0.6) is 0 Å². The lowest BCUT2D eigenvalue weighted by molar-refractivity contribution is -0.149. The van der Waals surface area contributed by atoms with Crippen LogP contribution in [0.25, 0.3) is 0 Å². The zero-order chi connectivity index (χ0) is 13.7. The molecular formula is C13H24N2O2S. The number of amides is 2. The van der Waals surface area contributed by atoms with Crippen LogP contribution in [-0.4, -0.2) is 47.4 Å². The van der Waals surface area contributed by atoms with Crippen LogP contribution in [-0.2, 0) is 9.59 Å². The quantitative estimate of drug-likeness (QED) is 0.746. The van der Waals surface area contributed by atoms with E-state index in [0.717, 1.165) is 18.6 Å². The van der Waals surface area contributed by atoms with Gasteiger partial charge in [0.2, 0.25) is 11.8 Å². The average molecular weight is 272 g/mol. The van der Waals surface area contributed by atoms with Crippen molar-refractivity contribution >= 4 is 23.6 Å². The van der Waals surface area contributed by atoms with Gasteiger partial charge < -0.3 is 10.2 Å². The third-order valence-corrected chi connectivity index (χ3v) is 3.83. The Labute approximate surface area is 114 Å². The fourth-order valence-corrected chi connectivity index (χ4v) is 2.66. The van der Waals surface area contributed by atoms with Crippen LogP contribution in [0.3, 0.4) is 0 Å². The van der Waals surface area contributed by atoms with E-state index in [1.165, 1.54) is 0 Å². The lowest BCUT2D eigenvalue weighted by Gasteiger charge is -2.38. The Balaban J connectivity index is 2.73. The number of rotatable bonds is 6.